The fourth-order valence-electron chi connectivity index (χ4n) is 2.50. The number of aromatic nitrogens is 1. The van der Waals surface area contributed by atoms with Crippen LogP contribution in [0.2, 0.25) is 0 Å². The predicted octanol–water partition coefficient (Wildman–Crippen LogP) is 2.69. The van der Waals surface area contributed by atoms with Crippen molar-refractivity contribution in [2.45, 2.75) is 39.0 Å². The lowest BCUT2D eigenvalue weighted by atomic mass is 9.81. The largest absolute Gasteiger partial charge is 0.303 e. The minimum atomic E-state index is -0.0895. The van der Waals surface area contributed by atoms with E-state index in [1.807, 2.05) is 13.0 Å². The van der Waals surface area contributed by atoms with Crippen molar-refractivity contribution in [3.8, 4) is 0 Å². The Kier molecular flexibility index (Phi) is 2.85. The Bertz CT molecular complexity index is 353. The summed E-state index contributed by atoms with van der Waals surface area (Å²) in [7, 11) is 0. The van der Waals surface area contributed by atoms with Gasteiger partial charge in [-0.3, -0.25) is 4.98 Å². The Balaban J connectivity index is 2.20. The number of hydrogen-bond acceptors (Lipinski definition) is 2. The molecule has 80 valence electrons. The molecular formula is C13H17NO. The Morgan fingerprint density at radius 1 is 1.47 bits per heavy atom. The van der Waals surface area contributed by atoms with Gasteiger partial charge in [0, 0.05) is 17.3 Å². The third-order valence-electron chi connectivity index (χ3n) is 3.51. The molecule has 1 heterocycles. The van der Waals surface area contributed by atoms with Crippen LogP contribution >= 0.6 is 0 Å². The minimum Gasteiger partial charge on any atom is -0.303 e. The van der Waals surface area contributed by atoms with Gasteiger partial charge in [0.2, 0.25) is 0 Å². The van der Waals surface area contributed by atoms with Crippen LogP contribution in [0.4, 0.5) is 0 Å². The average Bonchev–Trinajstić information content (AvgIpc) is 2.71. The van der Waals surface area contributed by atoms with E-state index in [9.17, 15) is 4.79 Å². The van der Waals surface area contributed by atoms with E-state index in [0.717, 1.165) is 25.0 Å². The molecule has 15 heavy (non-hydrogen) atoms. The maximum atomic E-state index is 11.2. The summed E-state index contributed by atoms with van der Waals surface area (Å²) in [5.74, 6) is 0. The zero-order valence-corrected chi connectivity index (χ0v) is 9.20. The van der Waals surface area contributed by atoms with E-state index in [4.69, 9.17) is 0 Å². The molecule has 2 heteroatoms. The highest BCUT2D eigenvalue weighted by atomic mass is 16.1. The molecule has 0 aromatic carbocycles. The van der Waals surface area contributed by atoms with E-state index in [0.29, 0.717) is 0 Å². The number of hydrogen-bond donors (Lipinski definition) is 0. The minimum absolute atomic E-state index is 0.0895. The quantitative estimate of drug-likeness (QED) is 0.707. The molecule has 0 atom stereocenters. The zero-order chi connectivity index (χ0) is 10.7. The fraction of sp³-hybridized carbons (Fsp3) is 0.538. The molecule has 2 rings (SSSR count). The van der Waals surface area contributed by atoms with Crippen LogP contribution in [0.15, 0.2) is 18.3 Å². The first kappa shape index (κ1) is 10.3. The summed E-state index contributed by atoms with van der Waals surface area (Å²) >= 11 is 0. The van der Waals surface area contributed by atoms with Gasteiger partial charge in [0.25, 0.3) is 0 Å². The lowest BCUT2D eigenvalue weighted by Crippen LogP contribution is -2.22. The molecular weight excluding hydrogens is 186 g/mol. The van der Waals surface area contributed by atoms with Gasteiger partial charge in [0.05, 0.1) is 0 Å². The third kappa shape index (κ3) is 2.09. The second kappa shape index (κ2) is 4.13. The SMILES string of the molecule is Cc1ncccc1CC1(C=O)CCCC1. The molecule has 1 aromatic rings. The smallest absolute Gasteiger partial charge is 0.126 e. The molecule has 0 radical (unpaired) electrons. The van der Waals surface area contributed by atoms with Gasteiger partial charge in [-0.2, -0.15) is 0 Å². The Hall–Kier alpha value is -1.18. The molecule has 1 aromatic heterocycles. The molecule has 0 N–H and O–H groups in total. The molecule has 0 unspecified atom stereocenters. The summed E-state index contributed by atoms with van der Waals surface area (Å²) in [6.45, 7) is 2.02. The molecule has 1 saturated carbocycles. The van der Waals surface area contributed by atoms with Crippen LogP contribution in [-0.4, -0.2) is 11.3 Å². The van der Waals surface area contributed by atoms with Gasteiger partial charge < -0.3 is 4.79 Å². The van der Waals surface area contributed by atoms with Crippen LogP contribution < -0.4 is 0 Å². The highest BCUT2D eigenvalue weighted by Gasteiger charge is 2.33. The summed E-state index contributed by atoms with van der Waals surface area (Å²) in [5, 5.41) is 0. The van der Waals surface area contributed by atoms with Crippen LogP contribution in [0.1, 0.15) is 36.9 Å². The zero-order valence-electron chi connectivity index (χ0n) is 9.20. The summed E-state index contributed by atoms with van der Waals surface area (Å²) in [6, 6.07) is 4.04. The molecule has 1 aliphatic rings. The van der Waals surface area contributed by atoms with E-state index >= 15 is 0 Å². The maximum absolute atomic E-state index is 11.2. The maximum Gasteiger partial charge on any atom is 0.126 e. The summed E-state index contributed by atoms with van der Waals surface area (Å²) in [5.41, 5.74) is 2.20. The van der Waals surface area contributed by atoms with Crippen LogP contribution in [0.25, 0.3) is 0 Å². The number of aldehydes is 1. The van der Waals surface area contributed by atoms with Crippen molar-refractivity contribution in [3.05, 3.63) is 29.6 Å². The fourth-order valence-corrected chi connectivity index (χ4v) is 2.50. The molecule has 0 spiro atoms. The normalized spacial score (nSPS) is 19.0. The molecule has 2 nitrogen and oxygen atoms in total. The van der Waals surface area contributed by atoms with E-state index < -0.39 is 0 Å². The monoisotopic (exact) mass is 203 g/mol. The number of rotatable bonds is 3. The second-order valence-corrected chi connectivity index (χ2v) is 4.61. The van der Waals surface area contributed by atoms with Gasteiger partial charge in [0.15, 0.2) is 0 Å². The van der Waals surface area contributed by atoms with Crippen molar-refractivity contribution in [3.63, 3.8) is 0 Å². The van der Waals surface area contributed by atoms with Crippen molar-refractivity contribution in [1.82, 2.24) is 4.98 Å². The summed E-state index contributed by atoms with van der Waals surface area (Å²) < 4.78 is 0. The van der Waals surface area contributed by atoms with Crippen molar-refractivity contribution >= 4 is 6.29 Å². The molecule has 1 fully saturated rings. The van der Waals surface area contributed by atoms with Gasteiger partial charge in [0.1, 0.15) is 6.29 Å². The molecule has 0 bridgehead atoms. The number of nitrogens with zero attached hydrogens (tertiary/aromatic N) is 1. The van der Waals surface area contributed by atoms with Crippen LogP contribution in [0.3, 0.4) is 0 Å². The van der Waals surface area contributed by atoms with E-state index in [2.05, 4.69) is 11.1 Å². The van der Waals surface area contributed by atoms with Gasteiger partial charge in [-0.05, 0) is 37.8 Å². The Morgan fingerprint density at radius 3 is 2.80 bits per heavy atom. The molecule has 0 aliphatic heterocycles. The second-order valence-electron chi connectivity index (χ2n) is 4.61. The first-order valence-electron chi connectivity index (χ1n) is 5.63. The first-order chi connectivity index (χ1) is 7.26. The lowest BCUT2D eigenvalue weighted by Gasteiger charge is -2.22. The van der Waals surface area contributed by atoms with Crippen LogP contribution in [-0.2, 0) is 11.2 Å². The third-order valence-corrected chi connectivity index (χ3v) is 3.51. The Morgan fingerprint density at radius 2 is 2.20 bits per heavy atom. The van der Waals surface area contributed by atoms with Crippen molar-refractivity contribution in [2.75, 3.05) is 0 Å². The number of pyridine rings is 1. The first-order valence-corrected chi connectivity index (χ1v) is 5.63. The number of carbonyl (C=O) groups is 1. The van der Waals surface area contributed by atoms with Crippen molar-refractivity contribution < 1.29 is 4.79 Å². The van der Waals surface area contributed by atoms with Crippen molar-refractivity contribution in [2.24, 2.45) is 5.41 Å². The van der Waals surface area contributed by atoms with Crippen LogP contribution in [0, 0.1) is 12.3 Å². The molecule has 0 amide bonds. The van der Waals surface area contributed by atoms with Gasteiger partial charge in [-0.25, -0.2) is 0 Å². The molecule has 0 saturated heterocycles. The van der Waals surface area contributed by atoms with Crippen molar-refractivity contribution in [1.29, 1.82) is 0 Å². The summed E-state index contributed by atoms with van der Waals surface area (Å²) in [4.78, 5) is 15.5. The van der Waals surface area contributed by atoms with Gasteiger partial charge >= 0.3 is 0 Å². The van der Waals surface area contributed by atoms with Gasteiger partial charge in [-0.1, -0.05) is 18.9 Å². The van der Waals surface area contributed by atoms with E-state index in [1.54, 1.807) is 6.20 Å². The lowest BCUT2D eigenvalue weighted by molar-refractivity contribution is -0.115. The standard InChI is InChI=1S/C13H17NO/c1-11-12(5-4-8-14-11)9-13(10-15)6-2-3-7-13/h4-5,8,10H,2-3,6-7,9H2,1H3. The number of aryl methyl sites for hydroxylation is 1. The van der Waals surface area contributed by atoms with E-state index in [1.165, 1.54) is 24.7 Å². The molecule has 1 aliphatic carbocycles. The predicted molar refractivity (Wildman–Crippen MR) is 59.6 cm³/mol. The van der Waals surface area contributed by atoms with E-state index in [-0.39, 0.29) is 5.41 Å². The van der Waals surface area contributed by atoms with Gasteiger partial charge in [-0.15, -0.1) is 0 Å². The number of carbonyl (C=O) groups excluding carboxylic acids is 1. The van der Waals surface area contributed by atoms with Crippen LogP contribution in [0.5, 0.6) is 0 Å². The highest BCUT2D eigenvalue weighted by Crippen LogP contribution is 2.39. The highest BCUT2D eigenvalue weighted by molar-refractivity contribution is 5.60. The summed E-state index contributed by atoms with van der Waals surface area (Å²) in [6.07, 6.45) is 8.33. The Labute approximate surface area is 90.7 Å². The topological polar surface area (TPSA) is 30.0 Å². The average molecular weight is 203 g/mol.